The summed E-state index contributed by atoms with van der Waals surface area (Å²) in [6.07, 6.45) is 0. The molecule has 11 aromatic carbocycles. The van der Waals surface area contributed by atoms with Crippen LogP contribution in [0.2, 0.25) is 0 Å². The van der Waals surface area contributed by atoms with Crippen molar-refractivity contribution in [3.8, 4) is 44.9 Å². The Morgan fingerprint density at radius 2 is 0.928 bits per heavy atom. The Morgan fingerprint density at radius 3 is 1.67 bits per heavy atom. The summed E-state index contributed by atoms with van der Waals surface area (Å²) >= 11 is 1.88. The highest BCUT2D eigenvalue weighted by molar-refractivity contribution is 7.25. The molecule has 0 fully saturated rings. The molecule has 2 aliphatic carbocycles. The van der Waals surface area contributed by atoms with Gasteiger partial charge in [0.25, 0.3) is 0 Å². The van der Waals surface area contributed by atoms with E-state index in [1.54, 1.807) is 0 Å². The van der Waals surface area contributed by atoms with E-state index in [0.717, 1.165) is 22.3 Å². The maximum atomic E-state index is 7.24. The van der Waals surface area contributed by atoms with Gasteiger partial charge in [0.2, 0.25) is 0 Å². The molecule has 15 rings (SSSR count). The van der Waals surface area contributed by atoms with Crippen molar-refractivity contribution in [2.75, 3.05) is 0 Å². The van der Waals surface area contributed by atoms with E-state index in [4.69, 9.17) is 4.74 Å². The lowest BCUT2D eigenvalue weighted by Gasteiger charge is -2.40. The summed E-state index contributed by atoms with van der Waals surface area (Å²) in [7, 11) is 0. The smallest absolute Gasteiger partial charge is 0.140 e. The van der Waals surface area contributed by atoms with Gasteiger partial charge in [0.05, 0.1) is 5.41 Å². The molecular formula is C67H44OS. The molecule has 69 heavy (non-hydrogen) atoms. The van der Waals surface area contributed by atoms with Gasteiger partial charge in [-0.2, -0.15) is 0 Å². The van der Waals surface area contributed by atoms with Crippen LogP contribution in [0.25, 0.3) is 75.1 Å². The van der Waals surface area contributed by atoms with E-state index >= 15 is 0 Å². The lowest BCUT2D eigenvalue weighted by atomic mass is 9.65. The summed E-state index contributed by atoms with van der Waals surface area (Å²) in [4.78, 5) is 0. The Balaban J connectivity index is 0.948. The lowest BCUT2D eigenvalue weighted by molar-refractivity contribution is 0.447. The molecular weight excluding hydrogens is 853 g/mol. The summed E-state index contributed by atoms with van der Waals surface area (Å²) in [5, 5.41) is 7.25. The van der Waals surface area contributed by atoms with Crippen molar-refractivity contribution in [3.63, 3.8) is 0 Å². The highest BCUT2D eigenvalue weighted by atomic mass is 32.1. The van der Waals surface area contributed by atoms with Gasteiger partial charge in [0.1, 0.15) is 11.5 Å². The fourth-order valence-corrected chi connectivity index (χ4v) is 14.1. The molecule has 2 heterocycles. The summed E-state index contributed by atoms with van der Waals surface area (Å²) in [6.45, 7) is 4.77. The van der Waals surface area contributed by atoms with E-state index < -0.39 is 5.41 Å². The molecule has 0 bridgehead atoms. The lowest BCUT2D eigenvalue weighted by Crippen LogP contribution is -2.32. The zero-order valence-electron chi connectivity index (χ0n) is 38.3. The average molecular weight is 897 g/mol. The number of benzene rings is 11. The molecule has 324 valence electrons. The highest BCUT2D eigenvalue weighted by Gasteiger charge is 2.52. The van der Waals surface area contributed by atoms with Crippen molar-refractivity contribution in [1.29, 1.82) is 0 Å². The molecule has 0 amide bonds. The molecule has 1 unspecified atom stereocenters. The van der Waals surface area contributed by atoms with Gasteiger partial charge >= 0.3 is 0 Å². The van der Waals surface area contributed by atoms with Crippen molar-refractivity contribution in [2.24, 2.45) is 0 Å². The number of hydrogen-bond donors (Lipinski definition) is 0. The summed E-state index contributed by atoms with van der Waals surface area (Å²) in [6, 6.07) is 84.5. The largest absolute Gasteiger partial charge is 0.455 e. The standard InChI is InChI=1S/C67H44OS/c1-66(2)53-24-10-7-20-49(53)63-51(23-14-26-55(63)66)61(44-35-38-60-52(39-44)48-19-9-12-28-59(48)69-60)43-31-29-42(30-32-43)45-22-13-27-56-62(45)50-21-8-11-25-54(50)67(56)57-36-33-40-15-3-5-17-46(40)64(57)68-65-47-18-6-4-16-41(47)34-37-58(65)67/h3-39,61H,1-2H3. The third kappa shape index (κ3) is 5.25. The molecule has 1 nitrogen and oxygen atoms in total. The van der Waals surface area contributed by atoms with E-state index in [-0.39, 0.29) is 11.3 Å². The van der Waals surface area contributed by atoms with E-state index in [0.29, 0.717) is 0 Å². The monoisotopic (exact) mass is 896 g/mol. The second kappa shape index (κ2) is 14.2. The molecule has 1 aromatic heterocycles. The molecule has 1 spiro atoms. The van der Waals surface area contributed by atoms with Crippen LogP contribution in [0.4, 0.5) is 0 Å². The third-order valence-corrected chi connectivity index (χ3v) is 17.2. The van der Waals surface area contributed by atoms with Crippen molar-refractivity contribution >= 4 is 53.1 Å². The van der Waals surface area contributed by atoms with Gasteiger partial charge in [-0.15, -0.1) is 11.3 Å². The summed E-state index contributed by atoms with van der Waals surface area (Å²) < 4.78 is 9.90. The van der Waals surface area contributed by atoms with Crippen LogP contribution in [0.15, 0.2) is 224 Å². The molecule has 3 aliphatic rings. The predicted molar refractivity (Wildman–Crippen MR) is 289 cm³/mol. The third-order valence-electron chi connectivity index (χ3n) is 16.1. The van der Waals surface area contributed by atoms with Crippen LogP contribution in [0.5, 0.6) is 11.5 Å². The SMILES string of the molecule is CC1(C)c2ccccc2-c2c(C(c3ccc(-c4cccc5c4-c4ccccc4C54c5ccc6ccccc6c5Oc5c4ccc4ccccc54)cc3)c3ccc4sc5ccccc5c4c3)cccc21. The van der Waals surface area contributed by atoms with Gasteiger partial charge in [-0.3, -0.25) is 0 Å². The van der Waals surface area contributed by atoms with Crippen LogP contribution in [0.1, 0.15) is 69.8 Å². The second-order valence-corrected chi connectivity index (χ2v) is 20.9. The van der Waals surface area contributed by atoms with Gasteiger partial charge in [0, 0.05) is 53.4 Å². The molecule has 0 saturated carbocycles. The van der Waals surface area contributed by atoms with Crippen LogP contribution < -0.4 is 4.74 Å². The number of ether oxygens (including phenoxy) is 1. The molecule has 1 aliphatic heterocycles. The summed E-state index contributed by atoms with van der Waals surface area (Å²) in [5.74, 6) is 1.88. The average Bonchev–Trinajstić information content (AvgIpc) is 4.00. The zero-order chi connectivity index (χ0) is 45.6. The van der Waals surface area contributed by atoms with E-state index in [1.165, 1.54) is 114 Å². The molecule has 2 heteroatoms. The Kier molecular flexibility index (Phi) is 8.05. The fraction of sp³-hybridized carbons (Fsp3) is 0.0746. The molecule has 0 N–H and O–H groups in total. The van der Waals surface area contributed by atoms with Gasteiger partial charge in [0.15, 0.2) is 0 Å². The van der Waals surface area contributed by atoms with Crippen LogP contribution in [-0.2, 0) is 10.8 Å². The molecule has 12 aromatic rings. The first-order valence-electron chi connectivity index (χ1n) is 24.2. The Bertz CT molecular complexity index is 4060. The van der Waals surface area contributed by atoms with Crippen molar-refractivity contribution in [3.05, 3.63) is 275 Å². The molecule has 0 saturated heterocycles. The first-order valence-corrected chi connectivity index (χ1v) is 25.0. The quantitative estimate of drug-likeness (QED) is 0.160. The topological polar surface area (TPSA) is 9.23 Å². The minimum atomic E-state index is -0.605. The highest BCUT2D eigenvalue weighted by Crippen LogP contribution is 2.65. The first kappa shape index (κ1) is 39.0. The van der Waals surface area contributed by atoms with Crippen LogP contribution >= 0.6 is 11.3 Å². The minimum absolute atomic E-state index is 0.00406. The maximum absolute atomic E-state index is 7.24. The van der Waals surface area contributed by atoms with Crippen molar-refractivity contribution in [2.45, 2.75) is 30.6 Å². The van der Waals surface area contributed by atoms with E-state index in [9.17, 15) is 0 Å². The summed E-state index contributed by atoms with van der Waals surface area (Å²) in [5.41, 5.74) is 18.7. The molecule has 0 radical (unpaired) electrons. The van der Waals surface area contributed by atoms with Crippen LogP contribution in [0, 0.1) is 0 Å². The Morgan fingerprint density at radius 1 is 0.377 bits per heavy atom. The first-order chi connectivity index (χ1) is 34.0. The molecule has 1 atom stereocenters. The van der Waals surface area contributed by atoms with Gasteiger partial charge in [-0.25, -0.2) is 0 Å². The number of hydrogen-bond acceptors (Lipinski definition) is 2. The number of fused-ring (bicyclic) bond motifs is 19. The van der Waals surface area contributed by atoms with Crippen molar-refractivity contribution < 1.29 is 4.74 Å². The Hall–Kier alpha value is -8.04. The fourth-order valence-electron chi connectivity index (χ4n) is 13.0. The van der Waals surface area contributed by atoms with Gasteiger partial charge < -0.3 is 4.74 Å². The van der Waals surface area contributed by atoms with E-state index in [2.05, 4.69) is 238 Å². The van der Waals surface area contributed by atoms with Crippen molar-refractivity contribution in [1.82, 2.24) is 0 Å². The van der Waals surface area contributed by atoms with Crippen LogP contribution in [0.3, 0.4) is 0 Å². The Labute approximate surface area is 405 Å². The van der Waals surface area contributed by atoms with Gasteiger partial charge in [-0.1, -0.05) is 220 Å². The predicted octanol–water partition coefficient (Wildman–Crippen LogP) is 18.0. The normalized spacial score (nSPS) is 14.8. The number of thiophene rings is 1. The van der Waals surface area contributed by atoms with Crippen LogP contribution in [-0.4, -0.2) is 0 Å². The maximum Gasteiger partial charge on any atom is 0.140 e. The van der Waals surface area contributed by atoms with Gasteiger partial charge in [-0.05, 0) is 101 Å². The number of rotatable bonds is 4. The second-order valence-electron chi connectivity index (χ2n) is 19.8. The van der Waals surface area contributed by atoms with E-state index in [1.807, 2.05) is 11.3 Å². The minimum Gasteiger partial charge on any atom is -0.455 e. The zero-order valence-corrected chi connectivity index (χ0v) is 39.1.